The number of hydrogen-bond acceptors (Lipinski definition) is 5. The zero-order valence-electron chi connectivity index (χ0n) is 13.7. The van der Waals surface area contributed by atoms with Crippen LogP contribution in [0, 0.1) is 6.92 Å². The van der Waals surface area contributed by atoms with Crippen LogP contribution in [0.2, 0.25) is 0 Å². The monoisotopic (exact) mass is 402 g/mol. The van der Waals surface area contributed by atoms with Gasteiger partial charge in [-0.1, -0.05) is 28.1 Å². The standard InChI is InChI=1S/C19H15BrO5/c1-11-7-14(24-10-17(21)23-2)9-15-18(11)19(22)16(25-15)8-12-3-5-13(20)6-4-12/h3-9H,10H2,1-2H3/b16-8-. The van der Waals surface area contributed by atoms with E-state index >= 15 is 0 Å². The first kappa shape index (κ1) is 17.2. The maximum absolute atomic E-state index is 12.6. The molecule has 0 unspecified atom stereocenters. The summed E-state index contributed by atoms with van der Waals surface area (Å²) in [5, 5.41) is 0. The molecule has 128 valence electrons. The Morgan fingerprint density at radius 3 is 2.64 bits per heavy atom. The van der Waals surface area contributed by atoms with Crippen molar-refractivity contribution in [1.29, 1.82) is 0 Å². The van der Waals surface area contributed by atoms with E-state index in [1.807, 2.05) is 24.3 Å². The van der Waals surface area contributed by atoms with E-state index in [-0.39, 0.29) is 18.1 Å². The molecular weight excluding hydrogens is 388 g/mol. The summed E-state index contributed by atoms with van der Waals surface area (Å²) < 4.78 is 16.6. The van der Waals surface area contributed by atoms with E-state index in [1.54, 1.807) is 25.1 Å². The van der Waals surface area contributed by atoms with Crippen LogP contribution in [0.5, 0.6) is 11.5 Å². The molecular formula is C19H15BrO5. The summed E-state index contributed by atoms with van der Waals surface area (Å²) >= 11 is 3.38. The molecule has 0 fully saturated rings. The second-order valence-electron chi connectivity index (χ2n) is 5.47. The van der Waals surface area contributed by atoms with Crippen molar-refractivity contribution >= 4 is 33.8 Å². The Hall–Kier alpha value is -2.60. The van der Waals surface area contributed by atoms with Crippen molar-refractivity contribution in [3.63, 3.8) is 0 Å². The number of carbonyl (C=O) groups excluding carboxylic acids is 2. The lowest BCUT2D eigenvalue weighted by Crippen LogP contribution is -2.12. The van der Waals surface area contributed by atoms with Gasteiger partial charge in [0.2, 0.25) is 5.78 Å². The number of halogens is 1. The van der Waals surface area contributed by atoms with E-state index < -0.39 is 5.97 Å². The van der Waals surface area contributed by atoms with Crippen LogP contribution < -0.4 is 9.47 Å². The Balaban J connectivity index is 1.86. The van der Waals surface area contributed by atoms with Gasteiger partial charge < -0.3 is 14.2 Å². The fourth-order valence-electron chi connectivity index (χ4n) is 2.47. The number of fused-ring (bicyclic) bond motifs is 1. The molecule has 0 spiro atoms. The summed E-state index contributed by atoms with van der Waals surface area (Å²) in [6.07, 6.45) is 1.70. The van der Waals surface area contributed by atoms with Crippen LogP contribution in [0.4, 0.5) is 0 Å². The Kier molecular flexibility index (Phi) is 4.90. The third-order valence-corrected chi connectivity index (χ3v) is 4.22. The number of aryl methyl sites for hydroxylation is 1. The minimum atomic E-state index is -0.481. The van der Waals surface area contributed by atoms with Crippen LogP contribution in [-0.4, -0.2) is 25.5 Å². The van der Waals surface area contributed by atoms with Crippen LogP contribution in [0.15, 0.2) is 46.6 Å². The van der Waals surface area contributed by atoms with Crippen molar-refractivity contribution in [2.75, 3.05) is 13.7 Å². The lowest BCUT2D eigenvalue weighted by atomic mass is 10.0. The second kappa shape index (κ2) is 7.11. The Morgan fingerprint density at radius 1 is 1.24 bits per heavy atom. The number of esters is 1. The number of ketones is 1. The molecule has 0 saturated heterocycles. The maximum Gasteiger partial charge on any atom is 0.343 e. The van der Waals surface area contributed by atoms with Gasteiger partial charge in [-0.25, -0.2) is 4.79 Å². The molecule has 6 heteroatoms. The van der Waals surface area contributed by atoms with Gasteiger partial charge in [0.05, 0.1) is 12.7 Å². The topological polar surface area (TPSA) is 61.8 Å². The summed E-state index contributed by atoms with van der Waals surface area (Å²) in [7, 11) is 1.29. The summed E-state index contributed by atoms with van der Waals surface area (Å²) in [6, 6.07) is 10.9. The molecule has 3 rings (SSSR count). The van der Waals surface area contributed by atoms with Crippen LogP contribution in [-0.2, 0) is 9.53 Å². The molecule has 0 amide bonds. The highest BCUT2D eigenvalue weighted by atomic mass is 79.9. The zero-order valence-corrected chi connectivity index (χ0v) is 15.3. The number of allylic oxidation sites excluding steroid dienone is 1. The predicted octanol–water partition coefficient (Wildman–Crippen LogP) is 3.93. The van der Waals surface area contributed by atoms with Crippen LogP contribution >= 0.6 is 15.9 Å². The molecule has 0 N–H and O–H groups in total. The average Bonchev–Trinajstić information content (AvgIpc) is 2.91. The predicted molar refractivity (Wildman–Crippen MR) is 95.8 cm³/mol. The number of rotatable bonds is 4. The SMILES string of the molecule is COC(=O)COc1cc(C)c2c(c1)O/C(=C\c1ccc(Br)cc1)C2=O. The van der Waals surface area contributed by atoms with Crippen molar-refractivity contribution in [2.45, 2.75) is 6.92 Å². The van der Waals surface area contributed by atoms with Crippen molar-refractivity contribution in [3.05, 3.63) is 63.3 Å². The van der Waals surface area contributed by atoms with Gasteiger partial charge in [0.1, 0.15) is 11.5 Å². The minimum absolute atomic E-state index is 0.171. The summed E-state index contributed by atoms with van der Waals surface area (Å²) in [5.74, 6) is 0.471. The van der Waals surface area contributed by atoms with E-state index in [0.29, 0.717) is 17.1 Å². The van der Waals surface area contributed by atoms with Gasteiger partial charge in [-0.15, -0.1) is 0 Å². The maximum atomic E-state index is 12.6. The van der Waals surface area contributed by atoms with E-state index in [0.717, 1.165) is 15.6 Å². The van der Waals surface area contributed by atoms with Crippen LogP contribution in [0.3, 0.4) is 0 Å². The van der Waals surface area contributed by atoms with Crippen molar-refractivity contribution < 1.29 is 23.8 Å². The van der Waals surface area contributed by atoms with Crippen molar-refractivity contribution in [1.82, 2.24) is 0 Å². The molecule has 0 radical (unpaired) electrons. The third-order valence-electron chi connectivity index (χ3n) is 3.70. The minimum Gasteiger partial charge on any atom is -0.482 e. The normalized spacial score (nSPS) is 14.2. The summed E-state index contributed by atoms with van der Waals surface area (Å²) in [5.41, 5.74) is 2.09. The van der Waals surface area contributed by atoms with Gasteiger partial charge in [-0.2, -0.15) is 0 Å². The first-order valence-corrected chi connectivity index (χ1v) is 8.31. The number of ether oxygens (including phenoxy) is 3. The van der Waals surface area contributed by atoms with E-state index in [4.69, 9.17) is 9.47 Å². The lowest BCUT2D eigenvalue weighted by molar-refractivity contribution is -0.142. The van der Waals surface area contributed by atoms with Gasteiger partial charge in [-0.05, 0) is 42.3 Å². The van der Waals surface area contributed by atoms with Gasteiger partial charge in [-0.3, -0.25) is 4.79 Å². The first-order chi connectivity index (χ1) is 12.0. The molecule has 0 aromatic heterocycles. The molecule has 2 aromatic carbocycles. The Morgan fingerprint density at radius 2 is 1.96 bits per heavy atom. The largest absolute Gasteiger partial charge is 0.482 e. The molecule has 1 aliphatic heterocycles. The van der Waals surface area contributed by atoms with Gasteiger partial charge >= 0.3 is 5.97 Å². The molecule has 0 bridgehead atoms. The average molecular weight is 403 g/mol. The number of carbonyl (C=O) groups is 2. The number of hydrogen-bond donors (Lipinski definition) is 0. The number of Topliss-reactive ketones (excluding diaryl/α,β-unsaturated/α-hetero) is 1. The van der Waals surface area contributed by atoms with Gasteiger partial charge in [0, 0.05) is 10.5 Å². The van der Waals surface area contributed by atoms with Crippen molar-refractivity contribution in [2.24, 2.45) is 0 Å². The molecule has 5 nitrogen and oxygen atoms in total. The first-order valence-electron chi connectivity index (χ1n) is 7.52. The number of methoxy groups -OCH3 is 1. The Bertz CT molecular complexity index is 868. The molecule has 1 heterocycles. The quantitative estimate of drug-likeness (QED) is 0.572. The van der Waals surface area contributed by atoms with E-state index in [1.165, 1.54) is 7.11 Å². The Labute approximate surface area is 153 Å². The van der Waals surface area contributed by atoms with Crippen LogP contribution in [0.1, 0.15) is 21.5 Å². The highest BCUT2D eigenvalue weighted by Gasteiger charge is 2.30. The molecule has 0 atom stereocenters. The molecule has 0 saturated carbocycles. The molecule has 25 heavy (non-hydrogen) atoms. The highest BCUT2D eigenvalue weighted by Crippen LogP contribution is 2.37. The highest BCUT2D eigenvalue weighted by molar-refractivity contribution is 9.10. The summed E-state index contributed by atoms with van der Waals surface area (Å²) in [6.45, 7) is 1.60. The number of benzene rings is 2. The fraction of sp³-hybridized carbons (Fsp3) is 0.158. The lowest BCUT2D eigenvalue weighted by Gasteiger charge is -2.08. The van der Waals surface area contributed by atoms with E-state index in [9.17, 15) is 9.59 Å². The second-order valence-corrected chi connectivity index (χ2v) is 6.39. The smallest absolute Gasteiger partial charge is 0.343 e. The van der Waals surface area contributed by atoms with E-state index in [2.05, 4.69) is 20.7 Å². The molecule has 1 aliphatic rings. The molecule has 0 aliphatic carbocycles. The van der Waals surface area contributed by atoms with Gasteiger partial charge in [0.15, 0.2) is 12.4 Å². The zero-order chi connectivity index (χ0) is 18.0. The fourth-order valence-corrected chi connectivity index (χ4v) is 2.74. The van der Waals surface area contributed by atoms with Crippen LogP contribution in [0.25, 0.3) is 6.08 Å². The summed E-state index contributed by atoms with van der Waals surface area (Å²) in [4.78, 5) is 23.8. The van der Waals surface area contributed by atoms with Gasteiger partial charge in [0.25, 0.3) is 0 Å². The molecule has 2 aromatic rings. The third kappa shape index (κ3) is 3.74. The van der Waals surface area contributed by atoms with Crippen molar-refractivity contribution in [3.8, 4) is 11.5 Å².